The third kappa shape index (κ3) is 3.15. The van der Waals surface area contributed by atoms with E-state index in [-0.39, 0.29) is 11.2 Å². The number of halogens is 1. The van der Waals surface area contributed by atoms with Gasteiger partial charge in [0.25, 0.3) is 0 Å². The molecular formula is C16H20ClNOS. The van der Waals surface area contributed by atoms with Gasteiger partial charge < -0.3 is 5.32 Å². The molecule has 4 atom stereocenters. The molecule has 3 rings (SSSR count). The lowest BCUT2D eigenvalue weighted by Gasteiger charge is -2.24. The Balaban J connectivity index is 1.53. The zero-order chi connectivity index (χ0) is 14.1. The lowest BCUT2D eigenvalue weighted by atomic mass is 9.95. The van der Waals surface area contributed by atoms with Gasteiger partial charge in [-0.3, -0.25) is 4.79 Å². The number of benzene rings is 1. The predicted octanol–water partition coefficient (Wildman–Crippen LogP) is 4.13. The van der Waals surface area contributed by atoms with Crippen molar-refractivity contribution in [2.75, 3.05) is 0 Å². The maximum Gasteiger partial charge on any atom is 0.233 e. The van der Waals surface area contributed by atoms with Gasteiger partial charge in [0.05, 0.1) is 5.25 Å². The largest absolute Gasteiger partial charge is 0.352 e. The maximum atomic E-state index is 12.3. The van der Waals surface area contributed by atoms with Crippen LogP contribution in [-0.4, -0.2) is 17.2 Å². The first-order chi connectivity index (χ1) is 9.61. The molecule has 2 bridgehead atoms. The van der Waals surface area contributed by atoms with Crippen molar-refractivity contribution in [1.82, 2.24) is 5.32 Å². The van der Waals surface area contributed by atoms with E-state index in [4.69, 9.17) is 11.6 Å². The van der Waals surface area contributed by atoms with Gasteiger partial charge in [-0.1, -0.05) is 18.0 Å². The summed E-state index contributed by atoms with van der Waals surface area (Å²) in [6.07, 6.45) is 5.18. The van der Waals surface area contributed by atoms with Crippen LogP contribution in [0.3, 0.4) is 0 Å². The minimum absolute atomic E-state index is 0.0599. The molecule has 1 unspecified atom stereocenters. The van der Waals surface area contributed by atoms with E-state index in [9.17, 15) is 4.79 Å². The zero-order valence-electron chi connectivity index (χ0n) is 11.6. The lowest BCUT2D eigenvalue weighted by Crippen LogP contribution is -2.42. The second-order valence-corrected chi connectivity index (χ2v) is 7.85. The van der Waals surface area contributed by atoms with E-state index in [1.807, 2.05) is 31.2 Å². The van der Waals surface area contributed by atoms with Gasteiger partial charge in [-0.15, -0.1) is 11.8 Å². The Bertz CT molecular complexity index is 490. The normalized spacial score (nSPS) is 29.4. The fourth-order valence-corrected chi connectivity index (χ4v) is 4.49. The minimum Gasteiger partial charge on any atom is -0.352 e. The average Bonchev–Trinajstić information content (AvgIpc) is 3.03. The summed E-state index contributed by atoms with van der Waals surface area (Å²) >= 11 is 7.46. The second-order valence-electron chi connectivity index (χ2n) is 6.00. The van der Waals surface area contributed by atoms with Gasteiger partial charge in [-0.25, -0.2) is 0 Å². The molecule has 20 heavy (non-hydrogen) atoms. The van der Waals surface area contributed by atoms with Crippen LogP contribution in [0.4, 0.5) is 0 Å². The van der Waals surface area contributed by atoms with Gasteiger partial charge in [0.1, 0.15) is 0 Å². The van der Waals surface area contributed by atoms with Crippen molar-refractivity contribution in [3.63, 3.8) is 0 Å². The Morgan fingerprint density at radius 2 is 2.05 bits per heavy atom. The van der Waals surface area contributed by atoms with Crippen LogP contribution in [0.15, 0.2) is 29.2 Å². The molecule has 0 radical (unpaired) electrons. The Morgan fingerprint density at radius 3 is 2.65 bits per heavy atom. The van der Waals surface area contributed by atoms with Gasteiger partial charge in [0.15, 0.2) is 0 Å². The van der Waals surface area contributed by atoms with Gasteiger partial charge in [-0.05, 0) is 62.3 Å². The van der Waals surface area contributed by atoms with Crippen LogP contribution in [0.2, 0.25) is 5.02 Å². The van der Waals surface area contributed by atoms with Gasteiger partial charge in [0, 0.05) is 16.0 Å². The van der Waals surface area contributed by atoms with Crippen molar-refractivity contribution in [2.45, 2.75) is 48.8 Å². The molecule has 2 aliphatic rings. The Kier molecular flexibility index (Phi) is 4.27. The fourth-order valence-electron chi connectivity index (χ4n) is 3.49. The summed E-state index contributed by atoms with van der Waals surface area (Å²) in [5.74, 6) is 1.77. The van der Waals surface area contributed by atoms with Gasteiger partial charge >= 0.3 is 0 Å². The highest BCUT2D eigenvalue weighted by atomic mass is 35.5. The van der Waals surface area contributed by atoms with Crippen molar-refractivity contribution in [2.24, 2.45) is 11.8 Å². The van der Waals surface area contributed by atoms with Crippen LogP contribution < -0.4 is 5.32 Å². The van der Waals surface area contributed by atoms with Crippen LogP contribution in [0.25, 0.3) is 0 Å². The Morgan fingerprint density at radius 1 is 1.30 bits per heavy atom. The predicted molar refractivity (Wildman–Crippen MR) is 84.1 cm³/mol. The molecule has 1 N–H and O–H groups in total. The molecule has 2 aliphatic carbocycles. The van der Waals surface area contributed by atoms with Gasteiger partial charge in [0.2, 0.25) is 5.91 Å². The van der Waals surface area contributed by atoms with Crippen molar-refractivity contribution < 1.29 is 4.79 Å². The molecule has 1 aromatic rings. The van der Waals surface area contributed by atoms with E-state index in [2.05, 4.69) is 5.32 Å². The summed E-state index contributed by atoms with van der Waals surface area (Å²) < 4.78 is 0. The van der Waals surface area contributed by atoms with Crippen LogP contribution in [-0.2, 0) is 4.79 Å². The number of hydrogen-bond donors (Lipinski definition) is 1. The smallest absolute Gasteiger partial charge is 0.233 e. The van der Waals surface area contributed by atoms with Crippen molar-refractivity contribution in [1.29, 1.82) is 0 Å². The quantitative estimate of drug-likeness (QED) is 0.847. The third-order valence-corrected chi connectivity index (χ3v) is 5.93. The Labute approximate surface area is 129 Å². The summed E-state index contributed by atoms with van der Waals surface area (Å²) in [6.45, 7) is 1.97. The van der Waals surface area contributed by atoms with E-state index >= 15 is 0 Å². The average molecular weight is 310 g/mol. The molecule has 1 aromatic carbocycles. The monoisotopic (exact) mass is 309 g/mol. The minimum atomic E-state index is -0.0599. The Hall–Kier alpha value is -0.670. The number of fused-ring (bicyclic) bond motifs is 2. The highest BCUT2D eigenvalue weighted by Gasteiger charge is 2.40. The first kappa shape index (κ1) is 14.3. The molecule has 2 fully saturated rings. The molecule has 4 heteroatoms. The number of amides is 1. The summed E-state index contributed by atoms with van der Waals surface area (Å²) in [5, 5.41) is 3.93. The van der Waals surface area contributed by atoms with Gasteiger partial charge in [-0.2, -0.15) is 0 Å². The number of carbonyl (C=O) groups excluding carboxylic acids is 1. The van der Waals surface area contributed by atoms with E-state index in [0.29, 0.717) is 6.04 Å². The maximum absolute atomic E-state index is 12.3. The van der Waals surface area contributed by atoms with Crippen LogP contribution in [0.5, 0.6) is 0 Å². The molecule has 2 saturated carbocycles. The van der Waals surface area contributed by atoms with Crippen molar-refractivity contribution in [3.8, 4) is 0 Å². The summed E-state index contributed by atoms with van der Waals surface area (Å²) in [7, 11) is 0. The molecule has 0 aliphatic heterocycles. The highest BCUT2D eigenvalue weighted by molar-refractivity contribution is 8.00. The van der Waals surface area contributed by atoms with Crippen molar-refractivity contribution in [3.05, 3.63) is 29.3 Å². The number of thioether (sulfide) groups is 1. The topological polar surface area (TPSA) is 29.1 Å². The van der Waals surface area contributed by atoms with Crippen molar-refractivity contribution >= 4 is 29.3 Å². The summed E-state index contributed by atoms with van der Waals surface area (Å²) in [4.78, 5) is 13.4. The summed E-state index contributed by atoms with van der Waals surface area (Å²) in [6, 6.07) is 8.09. The number of hydrogen-bond acceptors (Lipinski definition) is 2. The standard InChI is InChI=1S/C16H20ClNOS/c1-10(20-14-6-4-13(17)5-7-14)16(19)18-15-9-11-2-3-12(15)8-11/h4-7,10-12,15H,2-3,8-9H2,1H3,(H,18,19)/t10?,11-,12+,15+/m0/s1. The highest BCUT2D eigenvalue weighted by Crippen LogP contribution is 2.44. The van der Waals surface area contributed by atoms with Crippen LogP contribution >= 0.6 is 23.4 Å². The third-order valence-electron chi connectivity index (χ3n) is 4.56. The molecule has 1 amide bonds. The van der Waals surface area contributed by atoms with E-state index in [1.165, 1.54) is 25.7 Å². The zero-order valence-corrected chi connectivity index (χ0v) is 13.2. The molecule has 2 nitrogen and oxygen atoms in total. The summed E-state index contributed by atoms with van der Waals surface area (Å²) in [5.41, 5.74) is 0. The van der Waals surface area contributed by atoms with E-state index < -0.39 is 0 Å². The first-order valence-electron chi connectivity index (χ1n) is 7.34. The molecule has 0 aromatic heterocycles. The first-order valence-corrected chi connectivity index (χ1v) is 8.60. The van der Waals surface area contributed by atoms with E-state index in [0.717, 1.165) is 21.8 Å². The number of carbonyl (C=O) groups is 1. The molecule has 108 valence electrons. The molecule has 0 heterocycles. The second kappa shape index (κ2) is 5.98. The van der Waals surface area contributed by atoms with E-state index in [1.54, 1.807) is 11.8 Å². The molecule has 0 saturated heterocycles. The fraction of sp³-hybridized carbons (Fsp3) is 0.562. The lowest BCUT2D eigenvalue weighted by molar-refractivity contribution is -0.121. The molecular weight excluding hydrogens is 290 g/mol. The SMILES string of the molecule is CC(Sc1ccc(Cl)cc1)C(=O)N[C@@H]1C[C@H]2CC[C@@H]1C2. The number of rotatable bonds is 4. The van der Waals surface area contributed by atoms with Crippen LogP contribution in [0.1, 0.15) is 32.6 Å². The molecule has 0 spiro atoms. The number of nitrogens with one attached hydrogen (secondary N) is 1. The van der Waals surface area contributed by atoms with Crippen LogP contribution in [0, 0.1) is 11.8 Å².